The third kappa shape index (κ3) is 9.17. The summed E-state index contributed by atoms with van der Waals surface area (Å²) in [5.41, 5.74) is 4.95. The summed E-state index contributed by atoms with van der Waals surface area (Å²) in [5, 5.41) is 8.23. The van der Waals surface area contributed by atoms with Gasteiger partial charge in [0.15, 0.2) is 11.5 Å². The first-order valence-electron chi connectivity index (χ1n) is 16.1. The Morgan fingerprint density at radius 3 is 1.86 bits per heavy atom. The standard InChI is InChI=1S/C41H39N3O6S/c1-26-13-12-14-27(2)37(26)44-41(47)38(28-15-8-6-9-16-28)51-32-21-19-31(20-22-32)42-40(46)33(43-39(45)29-17-10-7-11-18-29)23-30-24-35(49-4)36(50-5)25-34(30)48-3/h6-25,38H,1-5H3,(H,42,46)(H,43,45)(H,44,47)/b33-23-. The SMILES string of the molecule is COc1cc(OC)c(OC)cc1/C=C(\NC(=O)c1ccccc1)C(=O)Nc1ccc(SC(C(=O)Nc2c(C)cccc2C)c2ccccc2)cc1. The van der Waals surface area contributed by atoms with Crippen LogP contribution in [0.1, 0.15) is 37.9 Å². The Bertz CT molecular complexity index is 2010. The van der Waals surface area contributed by atoms with Crippen molar-refractivity contribution in [2.75, 3.05) is 32.0 Å². The lowest BCUT2D eigenvalue weighted by atomic mass is 10.1. The van der Waals surface area contributed by atoms with Crippen molar-refractivity contribution in [2.24, 2.45) is 0 Å². The first-order valence-corrected chi connectivity index (χ1v) is 17.0. The highest BCUT2D eigenvalue weighted by atomic mass is 32.2. The maximum Gasteiger partial charge on any atom is 0.272 e. The summed E-state index contributed by atoms with van der Waals surface area (Å²) in [6.07, 6.45) is 1.51. The van der Waals surface area contributed by atoms with Crippen molar-refractivity contribution >= 4 is 46.9 Å². The summed E-state index contributed by atoms with van der Waals surface area (Å²) in [7, 11) is 4.51. The summed E-state index contributed by atoms with van der Waals surface area (Å²) < 4.78 is 16.4. The van der Waals surface area contributed by atoms with E-state index >= 15 is 0 Å². The van der Waals surface area contributed by atoms with Crippen molar-refractivity contribution in [1.29, 1.82) is 0 Å². The second-order valence-electron chi connectivity index (χ2n) is 11.5. The van der Waals surface area contributed by atoms with Gasteiger partial charge >= 0.3 is 0 Å². The highest BCUT2D eigenvalue weighted by Gasteiger charge is 2.24. The van der Waals surface area contributed by atoms with Gasteiger partial charge in [-0.2, -0.15) is 0 Å². The third-order valence-electron chi connectivity index (χ3n) is 8.00. The molecule has 5 aromatic rings. The van der Waals surface area contributed by atoms with Gasteiger partial charge in [0.05, 0.1) is 21.3 Å². The number of thioether (sulfide) groups is 1. The zero-order valence-electron chi connectivity index (χ0n) is 29.0. The van der Waals surface area contributed by atoms with E-state index in [-0.39, 0.29) is 11.6 Å². The highest BCUT2D eigenvalue weighted by molar-refractivity contribution is 8.00. The molecule has 3 amide bonds. The molecule has 0 aliphatic rings. The van der Waals surface area contributed by atoms with Crippen LogP contribution in [0.25, 0.3) is 6.08 Å². The Balaban J connectivity index is 1.40. The molecule has 5 rings (SSSR count). The minimum absolute atomic E-state index is 0.0277. The number of rotatable bonds is 13. The van der Waals surface area contributed by atoms with Crippen LogP contribution in [0.4, 0.5) is 11.4 Å². The molecule has 0 heterocycles. The molecule has 0 saturated carbocycles. The van der Waals surface area contributed by atoms with Gasteiger partial charge in [-0.1, -0.05) is 66.7 Å². The van der Waals surface area contributed by atoms with Gasteiger partial charge in [0.1, 0.15) is 16.7 Å². The summed E-state index contributed by atoms with van der Waals surface area (Å²) in [6, 6.07) is 34.6. The molecule has 5 aromatic carbocycles. The quantitative estimate of drug-likeness (QED) is 0.0838. The maximum atomic E-state index is 13.8. The molecule has 0 fully saturated rings. The lowest BCUT2D eigenvalue weighted by molar-refractivity contribution is -0.116. The largest absolute Gasteiger partial charge is 0.496 e. The van der Waals surface area contributed by atoms with E-state index in [0.29, 0.717) is 34.1 Å². The number of nitrogens with one attached hydrogen (secondary N) is 3. The predicted octanol–water partition coefficient (Wildman–Crippen LogP) is 8.21. The van der Waals surface area contributed by atoms with Crippen LogP contribution < -0.4 is 30.2 Å². The average Bonchev–Trinajstić information content (AvgIpc) is 3.16. The fourth-order valence-corrected chi connectivity index (χ4v) is 6.34. The smallest absolute Gasteiger partial charge is 0.272 e. The molecule has 10 heteroatoms. The third-order valence-corrected chi connectivity index (χ3v) is 9.27. The summed E-state index contributed by atoms with van der Waals surface area (Å²) in [6.45, 7) is 3.94. The summed E-state index contributed by atoms with van der Waals surface area (Å²) >= 11 is 1.40. The number of carbonyl (C=O) groups is 3. The topological polar surface area (TPSA) is 115 Å². The van der Waals surface area contributed by atoms with Crippen molar-refractivity contribution in [3.05, 3.63) is 149 Å². The Labute approximate surface area is 302 Å². The molecule has 1 unspecified atom stereocenters. The number of methoxy groups -OCH3 is 3. The lowest BCUT2D eigenvalue weighted by Gasteiger charge is -2.19. The molecule has 0 aromatic heterocycles. The van der Waals surface area contributed by atoms with E-state index in [1.165, 1.54) is 39.2 Å². The fourth-order valence-electron chi connectivity index (χ4n) is 5.32. The van der Waals surface area contributed by atoms with E-state index in [9.17, 15) is 14.4 Å². The van der Waals surface area contributed by atoms with Gasteiger partial charge in [-0.15, -0.1) is 11.8 Å². The average molecular weight is 702 g/mol. The van der Waals surface area contributed by atoms with Gasteiger partial charge in [0, 0.05) is 33.5 Å². The molecule has 0 bridgehead atoms. The van der Waals surface area contributed by atoms with Crippen LogP contribution >= 0.6 is 11.8 Å². The van der Waals surface area contributed by atoms with E-state index in [1.54, 1.807) is 54.6 Å². The molecule has 0 aliphatic heterocycles. The van der Waals surface area contributed by atoms with E-state index in [2.05, 4.69) is 16.0 Å². The Hall–Kier alpha value is -6.00. The molecule has 9 nitrogen and oxygen atoms in total. The Morgan fingerprint density at radius 1 is 0.667 bits per heavy atom. The molecule has 51 heavy (non-hydrogen) atoms. The number of benzene rings is 5. The van der Waals surface area contributed by atoms with Gasteiger partial charge < -0.3 is 30.2 Å². The molecule has 0 radical (unpaired) electrons. The number of anilines is 2. The molecule has 1 atom stereocenters. The molecule has 0 spiro atoms. The van der Waals surface area contributed by atoms with Crippen molar-refractivity contribution in [2.45, 2.75) is 24.0 Å². The molecule has 3 N–H and O–H groups in total. The second-order valence-corrected chi connectivity index (χ2v) is 12.6. The summed E-state index contributed by atoms with van der Waals surface area (Å²) in [4.78, 5) is 41.5. The molecule has 0 aliphatic carbocycles. The van der Waals surface area contributed by atoms with Crippen molar-refractivity contribution in [3.8, 4) is 17.2 Å². The van der Waals surface area contributed by atoms with Crippen LogP contribution in [-0.2, 0) is 9.59 Å². The molecule has 0 saturated heterocycles. The van der Waals surface area contributed by atoms with Crippen LogP contribution in [0, 0.1) is 13.8 Å². The summed E-state index contributed by atoms with van der Waals surface area (Å²) in [5.74, 6) is 0.101. The first-order chi connectivity index (χ1) is 24.7. The highest BCUT2D eigenvalue weighted by Crippen LogP contribution is 2.38. The van der Waals surface area contributed by atoms with Crippen LogP contribution in [-0.4, -0.2) is 39.1 Å². The number of carbonyl (C=O) groups excluding carboxylic acids is 3. The minimum Gasteiger partial charge on any atom is -0.496 e. The van der Waals surface area contributed by atoms with E-state index in [1.807, 2.05) is 74.5 Å². The molecule has 260 valence electrons. The first kappa shape index (κ1) is 36.3. The van der Waals surface area contributed by atoms with Crippen LogP contribution in [0.3, 0.4) is 0 Å². The number of hydrogen-bond acceptors (Lipinski definition) is 7. The van der Waals surface area contributed by atoms with Crippen LogP contribution in [0.5, 0.6) is 17.2 Å². The fraction of sp³-hybridized carbons (Fsp3) is 0.146. The monoisotopic (exact) mass is 701 g/mol. The number of amides is 3. The van der Waals surface area contributed by atoms with Crippen LogP contribution in [0.2, 0.25) is 0 Å². The Morgan fingerprint density at radius 2 is 1.25 bits per heavy atom. The van der Waals surface area contributed by atoms with Crippen LogP contribution in [0.15, 0.2) is 126 Å². The maximum absolute atomic E-state index is 13.8. The van der Waals surface area contributed by atoms with Gasteiger partial charge in [0.25, 0.3) is 11.8 Å². The number of hydrogen-bond donors (Lipinski definition) is 3. The lowest BCUT2D eigenvalue weighted by Crippen LogP contribution is -2.30. The normalized spacial score (nSPS) is 11.6. The van der Waals surface area contributed by atoms with E-state index < -0.39 is 17.1 Å². The zero-order valence-corrected chi connectivity index (χ0v) is 29.8. The van der Waals surface area contributed by atoms with E-state index in [0.717, 1.165) is 27.3 Å². The molecular weight excluding hydrogens is 663 g/mol. The minimum atomic E-state index is -0.563. The van der Waals surface area contributed by atoms with Gasteiger partial charge in [-0.25, -0.2) is 0 Å². The van der Waals surface area contributed by atoms with E-state index in [4.69, 9.17) is 14.2 Å². The Kier molecular flexibility index (Phi) is 12.2. The zero-order chi connectivity index (χ0) is 36.3. The molecular formula is C41H39N3O6S. The van der Waals surface area contributed by atoms with Gasteiger partial charge in [-0.3, -0.25) is 14.4 Å². The van der Waals surface area contributed by atoms with Gasteiger partial charge in [-0.05, 0) is 79.1 Å². The number of ether oxygens (including phenoxy) is 3. The van der Waals surface area contributed by atoms with Crippen molar-refractivity contribution < 1.29 is 28.6 Å². The number of para-hydroxylation sites is 1. The van der Waals surface area contributed by atoms with Gasteiger partial charge in [0.2, 0.25) is 5.91 Å². The number of aryl methyl sites for hydroxylation is 2. The van der Waals surface area contributed by atoms with Crippen molar-refractivity contribution in [3.63, 3.8) is 0 Å². The predicted molar refractivity (Wildman–Crippen MR) is 203 cm³/mol. The van der Waals surface area contributed by atoms with Crippen molar-refractivity contribution in [1.82, 2.24) is 5.32 Å². The second kappa shape index (κ2) is 17.1.